The van der Waals surface area contributed by atoms with E-state index >= 15 is 0 Å². The molecule has 31 heavy (non-hydrogen) atoms. The molecular formula is C22H18N4O3S2. The third kappa shape index (κ3) is 3.94. The van der Waals surface area contributed by atoms with Crippen LogP contribution in [0.3, 0.4) is 0 Å². The average molecular weight is 451 g/mol. The van der Waals surface area contributed by atoms with Crippen molar-refractivity contribution in [3.05, 3.63) is 53.0 Å². The van der Waals surface area contributed by atoms with E-state index in [4.69, 9.17) is 9.47 Å². The molecule has 0 fully saturated rings. The van der Waals surface area contributed by atoms with E-state index in [0.717, 1.165) is 43.5 Å². The number of nitrogens with zero attached hydrogens (tertiary/aromatic N) is 3. The Balaban J connectivity index is 1.40. The Hall–Kier alpha value is -3.17. The first-order chi connectivity index (χ1) is 15.1. The van der Waals surface area contributed by atoms with Crippen LogP contribution in [0.4, 0.5) is 5.69 Å². The highest BCUT2D eigenvalue weighted by atomic mass is 32.2. The average Bonchev–Trinajstić information content (AvgIpc) is 3.39. The molecule has 156 valence electrons. The minimum Gasteiger partial charge on any atom is -0.454 e. The van der Waals surface area contributed by atoms with Gasteiger partial charge in [0.1, 0.15) is 16.2 Å². The monoisotopic (exact) mass is 450 g/mol. The number of nitrogens with one attached hydrogen (secondary N) is 1. The maximum Gasteiger partial charge on any atom is 0.234 e. The Morgan fingerprint density at radius 1 is 1.13 bits per heavy atom. The third-order valence-corrected chi connectivity index (χ3v) is 6.73. The lowest BCUT2D eigenvalue weighted by Crippen LogP contribution is -2.15. The van der Waals surface area contributed by atoms with Gasteiger partial charge in [0.05, 0.1) is 15.5 Å². The lowest BCUT2D eigenvalue weighted by molar-refractivity contribution is -0.113. The van der Waals surface area contributed by atoms with E-state index in [1.54, 1.807) is 11.3 Å². The molecule has 0 saturated carbocycles. The van der Waals surface area contributed by atoms with Crippen LogP contribution in [0.25, 0.3) is 21.5 Å². The Bertz CT molecular complexity index is 1310. The first-order valence-electron chi connectivity index (χ1n) is 9.60. The fourth-order valence-corrected chi connectivity index (χ4v) is 5.00. The summed E-state index contributed by atoms with van der Waals surface area (Å²) in [6.07, 6.45) is 0. The lowest BCUT2D eigenvalue weighted by atomic mass is 10.1. The summed E-state index contributed by atoms with van der Waals surface area (Å²) in [5.74, 6) is 1.54. The van der Waals surface area contributed by atoms with E-state index < -0.39 is 0 Å². The summed E-state index contributed by atoms with van der Waals surface area (Å²) < 4.78 is 11.8. The molecular weight excluding hydrogens is 432 g/mol. The van der Waals surface area contributed by atoms with Gasteiger partial charge in [0, 0.05) is 11.3 Å². The van der Waals surface area contributed by atoms with Crippen molar-refractivity contribution in [2.45, 2.75) is 18.9 Å². The normalized spacial score (nSPS) is 12.3. The largest absolute Gasteiger partial charge is 0.454 e. The summed E-state index contributed by atoms with van der Waals surface area (Å²) in [4.78, 5) is 17.1. The summed E-state index contributed by atoms with van der Waals surface area (Å²) in [5, 5.41) is 13.4. The fraction of sp³-hybridized carbons (Fsp3) is 0.182. The standard InChI is InChI=1S/C22H18N4O3S2/c1-12-5-3-4-6-15(12)24-18(27)10-30-22-20-21(31-13(2)23-20)19(25-26-22)14-7-8-16-17(9-14)29-11-28-16/h3-9H,10-11H2,1-2H3,(H,24,27). The van der Waals surface area contributed by atoms with Crippen LogP contribution in [0.1, 0.15) is 10.6 Å². The number of benzene rings is 2. The van der Waals surface area contributed by atoms with Crippen LogP contribution in [0.15, 0.2) is 47.5 Å². The van der Waals surface area contributed by atoms with Gasteiger partial charge < -0.3 is 14.8 Å². The molecule has 0 spiro atoms. The van der Waals surface area contributed by atoms with Gasteiger partial charge in [-0.3, -0.25) is 4.79 Å². The zero-order valence-corrected chi connectivity index (χ0v) is 18.5. The number of ether oxygens (including phenoxy) is 2. The molecule has 1 N–H and O–H groups in total. The minimum atomic E-state index is -0.0963. The van der Waals surface area contributed by atoms with Gasteiger partial charge in [0.2, 0.25) is 12.7 Å². The minimum absolute atomic E-state index is 0.0963. The van der Waals surface area contributed by atoms with Gasteiger partial charge in [-0.2, -0.15) is 0 Å². The molecule has 1 aliphatic rings. The molecule has 5 rings (SSSR count). The van der Waals surface area contributed by atoms with Crippen LogP contribution < -0.4 is 14.8 Å². The molecule has 9 heteroatoms. The number of amides is 1. The van der Waals surface area contributed by atoms with Gasteiger partial charge in [-0.1, -0.05) is 30.0 Å². The maximum atomic E-state index is 12.5. The predicted molar refractivity (Wildman–Crippen MR) is 122 cm³/mol. The Kier molecular flexibility index (Phi) is 5.21. The van der Waals surface area contributed by atoms with Crippen molar-refractivity contribution in [1.82, 2.24) is 15.2 Å². The van der Waals surface area contributed by atoms with Crippen molar-refractivity contribution in [3.8, 4) is 22.8 Å². The van der Waals surface area contributed by atoms with Crippen molar-refractivity contribution in [2.75, 3.05) is 17.9 Å². The van der Waals surface area contributed by atoms with Gasteiger partial charge in [0.15, 0.2) is 11.5 Å². The summed E-state index contributed by atoms with van der Waals surface area (Å²) in [6, 6.07) is 13.4. The van der Waals surface area contributed by atoms with Crippen LogP contribution in [0, 0.1) is 13.8 Å². The molecule has 0 atom stereocenters. The number of rotatable bonds is 5. The molecule has 2 aromatic carbocycles. The Labute approximate surface area is 186 Å². The molecule has 1 amide bonds. The number of hydrogen-bond acceptors (Lipinski definition) is 8. The molecule has 0 radical (unpaired) electrons. The number of hydrogen-bond donors (Lipinski definition) is 1. The zero-order chi connectivity index (χ0) is 21.4. The number of anilines is 1. The highest BCUT2D eigenvalue weighted by Gasteiger charge is 2.20. The number of aryl methyl sites for hydroxylation is 2. The van der Waals surface area contributed by atoms with E-state index in [9.17, 15) is 4.79 Å². The van der Waals surface area contributed by atoms with Gasteiger partial charge in [0.25, 0.3) is 0 Å². The summed E-state index contributed by atoms with van der Waals surface area (Å²) in [7, 11) is 0. The second-order valence-electron chi connectivity index (χ2n) is 6.98. The van der Waals surface area contributed by atoms with Crippen LogP contribution >= 0.6 is 23.1 Å². The van der Waals surface area contributed by atoms with Crippen LogP contribution in [-0.2, 0) is 4.79 Å². The number of thiazole rings is 1. The van der Waals surface area contributed by atoms with Crippen molar-refractivity contribution >= 4 is 44.9 Å². The molecule has 0 aliphatic carbocycles. The Morgan fingerprint density at radius 3 is 2.84 bits per heavy atom. The number of carbonyl (C=O) groups is 1. The number of para-hydroxylation sites is 1. The SMILES string of the molecule is Cc1nc2c(SCC(=O)Nc3ccccc3C)nnc(-c3ccc4c(c3)OCO4)c2s1. The molecule has 2 aromatic heterocycles. The number of thioether (sulfide) groups is 1. The molecule has 7 nitrogen and oxygen atoms in total. The molecule has 1 aliphatic heterocycles. The second kappa shape index (κ2) is 8.16. The number of aromatic nitrogens is 3. The van der Waals surface area contributed by atoms with Crippen molar-refractivity contribution in [3.63, 3.8) is 0 Å². The summed E-state index contributed by atoms with van der Waals surface area (Å²) in [6.45, 7) is 4.14. The van der Waals surface area contributed by atoms with E-state index in [1.807, 2.05) is 56.3 Å². The maximum absolute atomic E-state index is 12.5. The summed E-state index contributed by atoms with van der Waals surface area (Å²) >= 11 is 2.89. The summed E-state index contributed by atoms with van der Waals surface area (Å²) in [5.41, 5.74) is 4.23. The Morgan fingerprint density at radius 2 is 1.97 bits per heavy atom. The number of carbonyl (C=O) groups excluding carboxylic acids is 1. The lowest BCUT2D eigenvalue weighted by Gasteiger charge is -2.08. The van der Waals surface area contributed by atoms with Gasteiger partial charge in [-0.15, -0.1) is 21.5 Å². The van der Waals surface area contributed by atoms with Gasteiger partial charge >= 0.3 is 0 Å². The molecule has 0 unspecified atom stereocenters. The zero-order valence-electron chi connectivity index (χ0n) is 16.8. The van der Waals surface area contributed by atoms with Gasteiger partial charge in [-0.05, 0) is 43.7 Å². The smallest absolute Gasteiger partial charge is 0.234 e. The van der Waals surface area contributed by atoms with E-state index in [1.165, 1.54) is 11.8 Å². The third-order valence-electron chi connectivity index (χ3n) is 4.80. The van der Waals surface area contributed by atoms with E-state index in [-0.39, 0.29) is 18.5 Å². The molecule has 0 saturated heterocycles. The predicted octanol–water partition coefficient (Wildman–Crippen LogP) is 4.83. The first kappa shape index (κ1) is 19.8. The van der Waals surface area contributed by atoms with Crippen molar-refractivity contribution in [1.29, 1.82) is 0 Å². The molecule has 3 heterocycles. The molecule has 0 bridgehead atoms. The van der Waals surface area contributed by atoms with Crippen LogP contribution in [0.2, 0.25) is 0 Å². The van der Waals surface area contributed by atoms with Crippen molar-refractivity contribution in [2.24, 2.45) is 0 Å². The fourth-order valence-electron chi connectivity index (χ4n) is 3.28. The highest BCUT2D eigenvalue weighted by Crippen LogP contribution is 2.39. The quantitative estimate of drug-likeness (QED) is 0.436. The van der Waals surface area contributed by atoms with Gasteiger partial charge in [-0.25, -0.2) is 4.98 Å². The van der Waals surface area contributed by atoms with E-state index in [0.29, 0.717) is 10.8 Å². The first-order valence-corrected chi connectivity index (χ1v) is 11.4. The van der Waals surface area contributed by atoms with E-state index in [2.05, 4.69) is 20.5 Å². The second-order valence-corrected chi connectivity index (χ2v) is 9.15. The molecule has 4 aromatic rings. The topological polar surface area (TPSA) is 86.2 Å². The van der Waals surface area contributed by atoms with Crippen LogP contribution in [-0.4, -0.2) is 33.6 Å². The highest BCUT2D eigenvalue weighted by molar-refractivity contribution is 8.00. The number of fused-ring (bicyclic) bond motifs is 2. The van der Waals surface area contributed by atoms with Crippen molar-refractivity contribution < 1.29 is 14.3 Å². The van der Waals surface area contributed by atoms with Crippen LogP contribution in [0.5, 0.6) is 11.5 Å².